The third kappa shape index (κ3) is 3.15. The first kappa shape index (κ1) is 13.2. The zero-order valence-electron chi connectivity index (χ0n) is 9.36. The lowest BCUT2D eigenvalue weighted by molar-refractivity contribution is -0.149. The number of esters is 1. The number of halogens is 2. The highest BCUT2D eigenvalue weighted by Crippen LogP contribution is 2.49. The Balaban J connectivity index is 1.98. The van der Waals surface area contributed by atoms with Gasteiger partial charge in [0.2, 0.25) is 0 Å². The Morgan fingerprint density at radius 3 is 2.44 bits per heavy atom. The van der Waals surface area contributed by atoms with Crippen molar-refractivity contribution in [3.63, 3.8) is 0 Å². The number of primary amides is 1. The average molecular weight is 288 g/mol. The number of ether oxygens (including phenoxy) is 1. The Hall–Kier alpha value is -1.26. The lowest BCUT2D eigenvalue weighted by atomic mass is 10.1. The van der Waals surface area contributed by atoms with Gasteiger partial charge in [-0.1, -0.05) is 23.2 Å². The molecule has 2 unspecified atom stereocenters. The summed E-state index contributed by atoms with van der Waals surface area (Å²) in [5.41, 5.74) is 5.81. The van der Waals surface area contributed by atoms with Crippen LogP contribution in [0.1, 0.15) is 17.9 Å². The fraction of sp³-hybridized carbons (Fsp3) is 0.333. The number of rotatable bonds is 4. The number of carbonyl (C=O) groups excluding carboxylic acids is 2. The van der Waals surface area contributed by atoms with Crippen molar-refractivity contribution in [3.8, 4) is 0 Å². The first-order chi connectivity index (χ1) is 8.47. The quantitative estimate of drug-likeness (QED) is 0.863. The summed E-state index contributed by atoms with van der Waals surface area (Å²) in [6.07, 6.45) is 0.675. The first-order valence-corrected chi connectivity index (χ1v) is 6.14. The third-order valence-corrected chi connectivity index (χ3v) is 3.20. The van der Waals surface area contributed by atoms with E-state index in [1.54, 1.807) is 18.2 Å². The number of carbonyl (C=O) groups is 2. The van der Waals surface area contributed by atoms with E-state index in [2.05, 4.69) is 0 Å². The second-order valence-electron chi connectivity index (χ2n) is 4.23. The SMILES string of the molecule is NC(=O)COC(=O)C1CC1c1cc(Cl)cc(Cl)c1. The minimum absolute atomic E-state index is 0.0570. The van der Waals surface area contributed by atoms with Crippen LogP contribution in [0, 0.1) is 5.92 Å². The summed E-state index contributed by atoms with van der Waals surface area (Å²) in [6.45, 7) is -0.377. The third-order valence-electron chi connectivity index (χ3n) is 2.76. The molecule has 1 saturated carbocycles. The lowest BCUT2D eigenvalue weighted by Crippen LogP contribution is -2.21. The van der Waals surface area contributed by atoms with Crippen LogP contribution in [0.2, 0.25) is 10.0 Å². The highest BCUT2D eigenvalue weighted by molar-refractivity contribution is 6.34. The first-order valence-electron chi connectivity index (χ1n) is 5.38. The zero-order valence-corrected chi connectivity index (χ0v) is 10.9. The minimum Gasteiger partial charge on any atom is -0.455 e. The molecule has 0 bridgehead atoms. The smallest absolute Gasteiger partial charge is 0.310 e. The van der Waals surface area contributed by atoms with Crippen molar-refractivity contribution in [1.82, 2.24) is 0 Å². The van der Waals surface area contributed by atoms with Gasteiger partial charge in [0.05, 0.1) is 5.92 Å². The molecular formula is C12H11Cl2NO3. The van der Waals surface area contributed by atoms with Crippen LogP contribution in [0.5, 0.6) is 0 Å². The number of hydrogen-bond donors (Lipinski definition) is 1. The van der Waals surface area contributed by atoms with E-state index in [4.69, 9.17) is 33.7 Å². The summed E-state index contributed by atoms with van der Waals surface area (Å²) >= 11 is 11.8. The molecule has 1 aliphatic carbocycles. The van der Waals surface area contributed by atoms with Crippen LogP contribution < -0.4 is 5.73 Å². The van der Waals surface area contributed by atoms with Gasteiger partial charge in [0.15, 0.2) is 6.61 Å². The standard InChI is InChI=1S/C12H11Cl2NO3/c13-7-1-6(2-8(14)3-7)9-4-10(9)12(17)18-5-11(15)16/h1-3,9-10H,4-5H2,(H2,15,16). The van der Waals surface area contributed by atoms with Crippen molar-refractivity contribution < 1.29 is 14.3 Å². The van der Waals surface area contributed by atoms with E-state index >= 15 is 0 Å². The highest BCUT2D eigenvalue weighted by Gasteiger charge is 2.45. The predicted octanol–water partition coefficient (Wildman–Crippen LogP) is 2.13. The van der Waals surface area contributed by atoms with Crippen LogP contribution in [0.25, 0.3) is 0 Å². The van der Waals surface area contributed by atoms with Crippen molar-refractivity contribution in [2.75, 3.05) is 6.61 Å². The second-order valence-corrected chi connectivity index (χ2v) is 5.10. The van der Waals surface area contributed by atoms with Crippen molar-refractivity contribution >= 4 is 35.1 Å². The van der Waals surface area contributed by atoms with Crippen LogP contribution >= 0.6 is 23.2 Å². The van der Waals surface area contributed by atoms with Crippen molar-refractivity contribution in [3.05, 3.63) is 33.8 Å². The van der Waals surface area contributed by atoms with Gasteiger partial charge < -0.3 is 10.5 Å². The molecule has 2 atom stereocenters. The summed E-state index contributed by atoms with van der Waals surface area (Å²) in [4.78, 5) is 22.1. The topological polar surface area (TPSA) is 69.4 Å². The van der Waals surface area contributed by atoms with Crippen LogP contribution in [0.15, 0.2) is 18.2 Å². The van der Waals surface area contributed by atoms with E-state index in [0.717, 1.165) is 5.56 Å². The zero-order chi connectivity index (χ0) is 13.3. The number of nitrogens with two attached hydrogens (primary N) is 1. The molecule has 1 aliphatic rings. The Labute approximate surface area is 114 Å². The molecule has 2 rings (SSSR count). The molecule has 1 amide bonds. The van der Waals surface area contributed by atoms with Crippen molar-refractivity contribution in [2.45, 2.75) is 12.3 Å². The average Bonchev–Trinajstić information content (AvgIpc) is 3.04. The maximum atomic E-state index is 11.6. The molecule has 0 aromatic heterocycles. The second kappa shape index (κ2) is 5.16. The summed E-state index contributed by atoms with van der Waals surface area (Å²) in [5, 5.41) is 1.07. The molecule has 1 aromatic carbocycles. The number of amides is 1. The Morgan fingerprint density at radius 1 is 1.28 bits per heavy atom. The van der Waals surface area contributed by atoms with Gasteiger partial charge in [0, 0.05) is 10.0 Å². The lowest BCUT2D eigenvalue weighted by Gasteiger charge is -2.03. The maximum absolute atomic E-state index is 11.6. The molecule has 1 fully saturated rings. The molecule has 0 aliphatic heterocycles. The van der Waals surface area contributed by atoms with Crippen LogP contribution in [0.4, 0.5) is 0 Å². The van der Waals surface area contributed by atoms with Crippen molar-refractivity contribution in [1.29, 1.82) is 0 Å². The molecule has 0 spiro atoms. The van der Waals surface area contributed by atoms with E-state index < -0.39 is 11.9 Å². The molecular weight excluding hydrogens is 277 g/mol. The fourth-order valence-electron chi connectivity index (χ4n) is 1.86. The Bertz CT molecular complexity index is 484. The van der Waals surface area contributed by atoms with E-state index in [-0.39, 0.29) is 18.4 Å². The molecule has 18 heavy (non-hydrogen) atoms. The summed E-state index contributed by atoms with van der Waals surface area (Å²) in [7, 11) is 0. The molecule has 0 heterocycles. The van der Waals surface area contributed by atoms with E-state index in [0.29, 0.717) is 16.5 Å². The van der Waals surface area contributed by atoms with Gasteiger partial charge in [-0.3, -0.25) is 9.59 Å². The van der Waals surface area contributed by atoms with E-state index in [1.807, 2.05) is 0 Å². The largest absolute Gasteiger partial charge is 0.455 e. The van der Waals surface area contributed by atoms with Crippen LogP contribution in [-0.4, -0.2) is 18.5 Å². The molecule has 1 aromatic rings. The van der Waals surface area contributed by atoms with Crippen molar-refractivity contribution in [2.24, 2.45) is 11.7 Å². The maximum Gasteiger partial charge on any atom is 0.310 e. The molecule has 0 radical (unpaired) electrons. The van der Waals surface area contributed by atoms with Crippen LogP contribution in [-0.2, 0) is 14.3 Å². The summed E-state index contributed by atoms with van der Waals surface area (Å²) in [6, 6.07) is 5.19. The van der Waals surface area contributed by atoms with Gasteiger partial charge in [-0.2, -0.15) is 0 Å². The number of benzene rings is 1. The van der Waals surface area contributed by atoms with Gasteiger partial charge in [0.1, 0.15) is 0 Å². The molecule has 96 valence electrons. The summed E-state index contributed by atoms with van der Waals surface area (Å²) < 4.78 is 4.76. The fourth-order valence-corrected chi connectivity index (χ4v) is 2.41. The van der Waals surface area contributed by atoms with Gasteiger partial charge in [-0.05, 0) is 36.1 Å². The Kier molecular flexibility index (Phi) is 3.78. The van der Waals surface area contributed by atoms with Gasteiger partial charge >= 0.3 is 5.97 Å². The molecule has 2 N–H and O–H groups in total. The predicted molar refractivity (Wildman–Crippen MR) is 67.5 cm³/mol. The highest BCUT2D eigenvalue weighted by atomic mass is 35.5. The molecule has 4 nitrogen and oxygen atoms in total. The van der Waals surface area contributed by atoms with E-state index in [9.17, 15) is 9.59 Å². The normalized spacial score (nSPS) is 21.4. The van der Waals surface area contributed by atoms with Gasteiger partial charge in [-0.25, -0.2) is 0 Å². The van der Waals surface area contributed by atoms with E-state index in [1.165, 1.54) is 0 Å². The number of hydrogen-bond acceptors (Lipinski definition) is 3. The van der Waals surface area contributed by atoms with Crippen LogP contribution in [0.3, 0.4) is 0 Å². The monoisotopic (exact) mass is 287 g/mol. The minimum atomic E-state index is -0.661. The van der Waals surface area contributed by atoms with Gasteiger partial charge in [-0.15, -0.1) is 0 Å². The van der Waals surface area contributed by atoms with Gasteiger partial charge in [0.25, 0.3) is 5.91 Å². The molecule has 0 saturated heterocycles. The molecule has 6 heteroatoms. The Morgan fingerprint density at radius 2 is 1.89 bits per heavy atom. The summed E-state index contributed by atoms with van der Waals surface area (Å²) in [5.74, 6) is -1.25.